The highest BCUT2D eigenvalue weighted by Gasteiger charge is 2.05. The molecule has 0 saturated heterocycles. The minimum absolute atomic E-state index is 0.136. The second-order valence-electron chi connectivity index (χ2n) is 3.38. The van der Waals surface area contributed by atoms with E-state index in [1.54, 1.807) is 7.11 Å². The Labute approximate surface area is 94.8 Å². The second kappa shape index (κ2) is 6.85. The number of ether oxygens (including phenoxy) is 2. The summed E-state index contributed by atoms with van der Waals surface area (Å²) in [7, 11) is 1.64. The van der Waals surface area contributed by atoms with Gasteiger partial charge in [0.05, 0.1) is 12.2 Å². The predicted octanol–water partition coefficient (Wildman–Crippen LogP) is 1.98. The topological polar surface area (TPSA) is 55.8 Å². The molecule has 0 heterocycles. The molecule has 1 aromatic rings. The number of unbranched alkanes of at least 4 members (excludes halogenated alkanes) is 1. The van der Waals surface area contributed by atoms with Gasteiger partial charge in [-0.05, 0) is 37.1 Å². The fourth-order valence-electron chi connectivity index (χ4n) is 1.19. The van der Waals surface area contributed by atoms with Crippen LogP contribution < -0.4 is 0 Å². The van der Waals surface area contributed by atoms with E-state index in [0.29, 0.717) is 18.8 Å². The summed E-state index contributed by atoms with van der Waals surface area (Å²) in [6.45, 7) is 1.07. The van der Waals surface area contributed by atoms with Crippen molar-refractivity contribution in [1.29, 1.82) is 0 Å². The van der Waals surface area contributed by atoms with Crippen LogP contribution in [0.1, 0.15) is 23.2 Å². The third kappa shape index (κ3) is 4.31. The first-order chi connectivity index (χ1) is 7.74. The molecule has 0 fully saturated rings. The van der Waals surface area contributed by atoms with Gasteiger partial charge in [-0.2, -0.15) is 0 Å². The molecule has 0 saturated carbocycles. The Kier molecular flexibility index (Phi) is 5.36. The second-order valence-corrected chi connectivity index (χ2v) is 3.38. The summed E-state index contributed by atoms with van der Waals surface area (Å²) in [5, 5.41) is 9.05. The van der Waals surface area contributed by atoms with Crippen LogP contribution in [0.3, 0.4) is 0 Å². The fraction of sp³-hybridized carbons (Fsp3) is 0.417. The van der Waals surface area contributed by atoms with Crippen LogP contribution in [0.5, 0.6) is 5.75 Å². The van der Waals surface area contributed by atoms with Crippen molar-refractivity contribution in [2.75, 3.05) is 20.3 Å². The van der Waals surface area contributed by atoms with E-state index >= 15 is 0 Å². The number of rotatable bonds is 6. The largest absolute Gasteiger partial charge is 0.508 e. The summed E-state index contributed by atoms with van der Waals surface area (Å²) in [5.41, 5.74) is 0.449. The number of esters is 1. The monoisotopic (exact) mass is 224 g/mol. The van der Waals surface area contributed by atoms with Gasteiger partial charge in [0.2, 0.25) is 0 Å². The number of phenolic OH excluding ortho intramolecular Hbond substituents is 1. The number of hydrogen-bond donors (Lipinski definition) is 1. The van der Waals surface area contributed by atoms with Gasteiger partial charge >= 0.3 is 5.97 Å². The van der Waals surface area contributed by atoms with Gasteiger partial charge in [-0.15, -0.1) is 0 Å². The van der Waals surface area contributed by atoms with Gasteiger partial charge in [-0.1, -0.05) is 0 Å². The smallest absolute Gasteiger partial charge is 0.338 e. The number of hydrogen-bond acceptors (Lipinski definition) is 4. The van der Waals surface area contributed by atoms with Gasteiger partial charge in [-0.25, -0.2) is 4.79 Å². The maximum absolute atomic E-state index is 11.5. The molecular formula is C12H16O4. The van der Waals surface area contributed by atoms with E-state index in [0.717, 1.165) is 12.8 Å². The summed E-state index contributed by atoms with van der Waals surface area (Å²) in [4.78, 5) is 11.5. The normalized spacial score (nSPS) is 10.1. The Hall–Kier alpha value is -1.55. The molecule has 0 atom stereocenters. The molecular weight excluding hydrogens is 208 g/mol. The molecule has 4 nitrogen and oxygen atoms in total. The van der Waals surface area contributed by atoms with Crippen LogP contribution in [0.25, 0.3) is 0 Å². The van der Waals surface area contributed by atoms with Crippen LogP contribution in [0.15, 0.2) is 24.3 Å². The third-order valence-electron chi connectivity index (χ3n) is 2.08. The molecule has 0 spiro atoms. The van der Waals surface area contributed by atoms with Gasteiger partial charge in [0.25, 0.3) is 0 Å². The predicted molar refractivity (Wildman–Crippen MR) is 59.5 cm³/mol. The van der Waals surface area contributed by atoms with E-state index < -0.39 is 0 Å². The number of methoxy groups -OCH3 is 1. The van der Waals surface area contributed by atoms with Crippen molar-refractivity contribution in [2.24, 2.45) is 0 Å². The SMILES string of the molecule is COCCCCOC(=O)c1ccc(O)cc1. The lowest BCUT2D eigenvalue weighted by molar-refractivity contribution is 0.0489. The Morgan fingerprint density at radius 2 is 1.81 bits per heavy atom. The number of benzene rings is 1. The van der Waals surface area contributed by atoms with Crippen molar-refractivity contribution >= 4 is 5.97 Å². The number of carbonyl (C=O) groups is 1. The van der Waals surface area contributed by atoms with Crippen molar-refractivity contribution in [2.45, 2.75) is 12.8 Å². The first kappa shape index (κ1) is 12.5. The lowest BCUT2D eigenvalue weighted by atomic mass is 10.2. The molecule has 0 bridgehead atoms. The van der Waals surface area contributed by atoms with Crippen molar-refractivity contribution in [3.8, 4) is 5.75 Å². The molecule has 4 heteroatoms. The average Bonchev–Trinajstić information content (AvgIpc) is 2.29. The molecule has 1 N–H and O–H groups in total. The fourth-order valence-corrected chi connectivity index (χ4v) is 1.19. The van der Waals surface area contributed by atoms with E-state index in [1.807, 2.05) is 0 Å². The van der Waals surface area contributed by atoms with Crippen LogP contribution in [0.4, 0.5) is 0 Å². The standard InChI is InChI=1S/C12H16O4/c1-15-8-2-3-9-16-12(14)10-4-6-11(13)7-5-10/h4-7,13H,2-3,8-9H2,1H3. The van der Waals surface area contributed by atoms with Gasteiger partial charge < -0.3 is 14.6 Å². The summed E-state index contributed by atoms with van der Waals surface area (Å²) in [6.07, 6.45) is 1.66. The highest BCUT2D eigenvalue weighted by molar-refractivity contribution is 5.89. The minimum Gasteiger partial charge on any atom is -0.508 e. The maximum atomic E-state index is 11.5. The van der Waals surface area contributed by atoms with E-state index in [1.165, 1.54) is 24.3 Å². The number of aromatic hydroxyl groups is 1. The van der Waals surface area contributed by atoms with Crippen LogP contribution in [0, 0.1) is 0 Å². The quantitative estimate of drug-likeness (QED) is 0.593. The first-order valence-electron chi connectivity index (χ1n) is 5.19. The Morgan fingerprint density at radius 1 is 1.19 bits per heavy atom. The third-order valence-corrected chi connectivity index (χ3v) is 2.08. The zero-order chi connectivity index (χ0) is 11.8. The number of carbonyl (C=O) groups excluding carboxylic acids is 1. The Balaban J connectivity index is 2.27. The van der Waals surface area contributed by atoms with Gasteiger partial charge in [0.15, 0.2) is 0 Å². The maximum Gasteiger partial charge on any atom is 0.338 e. The zero-order valence-electron chi connectivity index (χ0n) is 9.31. The first-order valence-corrected chi connectivity index (χ1v) is 5.19. The molecule has 1 aromatic carbocycles. The van der Waals surface area contributed by atoms with Crippen LogP contribution in [-0.2, 0) is 9.47 Å². The van der Waals surface area contributed by atoms with Crippen molar-refractivity contribution in [3.05, 3.63) is 29.8 Å². The van der Waals surface area contributed by atoms with E-state index in [2.05, 4.69) is 0 Å². The molecule has 0 aromatic heterocycles. The van der Waals surface area contributed by atoms with Crippen LogP contribution >= 0.6 is 0 Å². The van der Waals surface area contributed by atoms with Gasteiger partial charge in [-0.3, -0.25) is 0 Å². The zero-order valence-corrected chi connectivity index (χ0v) is 9.31. The lowest BCUT2D eigenvalue weighted by Crippen LogP contribution is -2.06. The molecule has 0 aliphatic carbocycles. The van der Waals surface area contributed by atoms with Crippen molar-refractivity contribution in [3.63, 3.8) is 0 Å². The molecule has 16 heavy (non-hydrogen) atoms. The average molecular weight is 224 g/mol. The molecule has 0 unspecified atom stereocenters. The molecule has 0 aliphatic rings. The Morgan fingerprint density at radius 3 is 2.44 bits per heavy atom. The molecule has 1 rings (SSSR count). The summed E-state index contributed by atoms with van der Waals surface area (Å²) in [6, 6.07) is 5.99. The Bertz CT molecular complexity index is 318. The van der Waals surface area contributed by atoms with E-state index in [9.17, 15) is 4.79 Å². The highest BCUT2D eigenvalue weighted by atomic mass is 16.5. The van der Waals surface area contributed by atoms with E-state index in [4.69, 9.17) is 14.6 Å². The summed E-state index contributed by atoms with van der Waals surface area (Å²) in [5.74, 6) is -0.228. The van der Waals surface area contributed by atoms with Crippen molar-refractivity contribution < 1.29 is 19.4 Å². The lowest BCUT2D eigenvalue weighted by Gasteiger charge is -2.04. The summed E-state index contributed by atoms with van der Waals surface area (Å²) < 4.78 is 9.92. The summed E-state index contributed by atoms with van der Waals surface area (Å²) >= 11 is 0. The van der Waals surface area contributed by atoms with Gasteiger partial charge in [0, 0.05) is 13.7 Å². The van der Waals surface area contributed by atoms with Gasteiger partial charge in [0.1, 0.15) is 5.75 Å². The molecule has 0 aliphatic heterocycles. The van der Waals surface area contributed by atoms with Crippen LogP contribution in [0.2, 0.25) is 0 Å². The molecule has 0 amide bonds. The minimum atomic E-state index is -0.364. The van der Waals surface area contributed by atoms with Crippen molar-refractivity contribution in [1.82, 2.24) is 0 Å². The van der Waals surface area contributed by atoms with E-state index in [-0.39, 0.29) is 11.7 Å². The number of phenols is 1. The highest BCUT2D eigenvalue weighted by Crippen LogP contribution is 2.10. The van der Waals surface area contributed by atoms with Crippen LogP contribution in [-0.4, -0.2) is 31.4 Å². The molecule has 88 valence electrons. The molecule has 0 radical (unpaired) electrons.